The predicted octanol–water partition coefficient (Wildman–Crippen LogP) is 3.45. The molecule has 1 heterocycles. The van der Waals surface area contributed by atoms with E-state index in [0.717, 1.165) is 24.8 Å². The molecule has 0 aliphatic heterocycles. The zero-order valence-electron chi connectivity index (χ0n) is 14.8. The van der Waals surface area contributed by atoms with Gasteiger partial charge in [0, 0.05) is 10.6 Å². The fraction of sp³-hybridized carbons (Fsp3) is 0.350. The summed E-state index contributed by atoms with van der Waals surface area (Å²) in [6, 6.07) is 15.6. The predicted molar refractivity (Wildman–Crippen MR) is 102 cm³/mol. The van der Waals surface area contributed by atoms with Gasteiger partial charge in [0.1, 0.15) is 0 Å². The summed E-state index contributed by atoms with van der Waals surface area (Å²) in [5, 5.41) is 23.3. The molecule has 0 radical (unpaired) electrons. The Bertz CT molecular complexity index is 897. The molecule has 2 unspecified atom stereocenters. The standard InChI is InChI=1S/C20H21ClN4O2/c21-16-10-8-15(9-11-16)20-22-24-25(23-20)12-17(26)13-27-19-7-3-5-14-4-1-2-6-18(14)19/h1-2,4,6,8-11,17,19,26H,3,5,7,12-13H2. The van der Waals surface area contributed by atoms with Gasteiger partial charge in [0.2, 0.25) is 5.82 Å². The maximum atomic E-state index is 10.3. The maximum absolute atomic E-state index is 10.3. The largest absolute Gasteiger partial charge is 0.389 e. The minimum Gasteiger partial charge on any atom is -0.389 e. The molecule has 0 spiro atoms. The van der Waals surface area contributed by atoms with Crippen molar-refractivity contribution in [3.63, 3.8) is 0 Å². The van der Waals surface area contributed by atoms with Crippen LogP contribution in [0.5, 0.6) is 0 Å². The number of ether oxygens (including phenoxy) is 1. The highest BCUT2D eigenvalue weighted by Crippen LogP contribution is 2.32. The van der Waals surface area contributed by atoms with Crippen molar-refractivity contribution in [2.45, 2.75) is 38.0 Å². The highest BCUT2D eigenvalue weighted by Gasteiger charge is 2.21. The van der Waals surface area contributed by atoms with Crippen molar-refractivity contribution >= 4 is 11.6 Å². The van der Waals surface area contributed by atoms with E-state index in [-0.39, 0.29) is 19.3 Å². The van der Waals surface area contributed by atoms with Crippen LogP contribution in [0.2, 0.25) is 5.02 Å². The second kappa shape index (κ2) is 8.17. The fourth-order valence-electron chi connectivity index (χ4n) is 3.39. The molecule has 140 valence electrons. The molecular formula is C20H21ClN4O2. The Morgan fingerprint density at radius 1 is 1.19 bits per heavy atom. The number of aliphatic hydroxyl groups excluding tert-OH is 1. The average molecular weight is 385 g/mol. The number of aryl methyl sites for hydroxylation is 1. The Hall–Kier alpha value is -2.28. The Morgan fingerprint density at radius 3 is 2.85 bits per heavy atom. The van der Waals surface area contributed by atoms with Gasteiger partial charge in [-0.3, -0.25) is 0 Å². The Balaban J connectivity index is 1.34. The van der Waals surface area contributed by atoms with Crippen molar-refractivity contribution in [3.8, 4) is 11.4 Å². The first-order chi connectivity index (χ1) is 13.2. The molecule has 1 aliphatic carbocycles. The first-order valence-corrected chi connectivity index (χ1v) is 9.48. The van der Waals surface area contributed by atoms with Gasteiger partial charge in [-0.2, -0.15) is 4.80 Å². The zero-order valence-corrected chi connectivity index (χ0v) is 15.6. The number of hydrogen-bond donors (Lipinski definition) is 1. The Labute approximate surface area is 162 Å². The van der Waals surface area contributed by atoms with Crippen LogP contribution in [-0.2, 0) is 17.7 Å². The molecule has 6 nitrogen and oxygen atoms in total. The molecule has 0 bridgehead atoms. The van der Waals surface area contributed by atoms with Crippen LogP contribution >= 0.6 is 11.6 Å². The van der Waals surface area contributed by atoms with Crippen LogP contribution < -0.4 is 0 Å². The van der Waals surface area contributed by atoms with E-state index in [1.807, 2.05) is 18.2 Å². The number of hydrogen-bond acceptors (Lipinski definition) is 5. The van der Waals surface area contributed by atoms with Crippen LogP contribution in [0.4, 0.5) is 0 Å². The third-order valence-corrected chi connectivity index (χ3v) is 4.99. The first-order valence-electron chi connectivity index (χ1n) is 9.10. The molecule has 2 atom stereocenters. The summed E-state index contributed by atoms with van der Waals surface area (Å²) in [7, 11) is 0. The van der Waals surface area contributed by atoms with Crippen molar-refractivity contribution < 1.29 is 9.84 Å². The van der Waals surface area contributed by atoms with Crippen LogP contribution in [-0.4, -0.2) is 38.0 Å². The second-order valence-electron chi connectivity index (χ2n) is 6.74. The summed E-state index contributed by atoms with van der Waals surface area (Å²) in [5.41, 5.74) is 3.41. The summed E-state index contributed by atoms with van der Waals surface area (Å²) in [6.45, 7) is 0.464. The Morgan fingerprint density at radius 2 is 2.00 bits per heavy atom. The van der Waals surface area contributed by atoms with E-state index in [0.29, 0.717) is 10.8 Å². The van der Waals surface area contributed by atoms with Crippen LogP contribution in [0.1, 0.15) is 30.1 Å². The van der Waals surface area contributed by atoms with E-state index < -0.39 is 6.10 Å². The van der Waals surface area contributed by atoms with E-state index in [1.54, 1.807) is 12.1 Å². The van der Waals surface area contributed by atoms with Crippen molar-refractivity contribution in [2.75, 3.05) is 6.61 Å². The molecule has 3 aromatic rings. The van der Waals surface area contributed by atoms with Crippen molar-refractivity contribution in [3.05, 3.63) is 64.7 Å². The number of benzene rings is 2. The number of aliphatic hydroxyl groups is 1. The highest BCUT2D eigenvalue weighted by atomic mass is 35.5. The SMILES string of the molecule is OC(COC1CCCc2ccccc21)Cn1nnc(-c2ccc(Cl)cc2)n1. The van der Waals surface area contributed by atoms with Gasteiger partial charge < -0.3 is 9.84 Å². The van der Waals surface area contributed by atoms with Crippen LogP contribution in [0, 0.1) is 0 Å². The van der Waals surface area contributed by atoms with E-state index in [4.69, 9.17) is 16.3 Å². The molecule has 0 saturated heterocycles. The monoisotopic (exact) mass is 384 g/mol. The van der Waals surface area contributed by atoms with Crippen molar-refractivity contribution in [2.24, 2.45) is 0 Å². The molecule has 27 heavy (non-hydrogen) atoms. The third-order valence-electron chi connectivity index (χ3n) is 4.73. The lowest BCUT2D eigenvalue weighted by Crippen LogP contribution is -2.25. The molecule has 1 aliphatic rings. The summed E-state index contributed by atoms with van der Waals surface area (Å²) in [4.78, 5) is 1.40. The summed E-state index contributed by atoms with van der Waals surface area (Å²) >= 11 is 5.89. The van der Waals surface area contributed by atoms with Crippen molar-refractivity contribution in [1.82, 2.24) is 20.2 Å². The molecule has 1 N–H and O–H groups in total. The van der Waals surface area contributed by atoms with Gasteiger partial charge in [-0.25, -0.2) is 0 Å². The summed E-state index contributed by atoms with van der Waals surface area (Å²) < 4.78 is 5.99. The van der Waals surface area contributed by atoms with E-state index in [2.05, 4.69) is 33.6 Å². The zero-order chi connectivity index (χ0) is 18.6. The quantitative estimate of drug-likeness (QED) is 0.704. The molecule has 1 aromatic heterocycles. The summed E-state index contributed by atoms with van der Waals surface area (Å²) in [6.07, 6.45) is 2.51. The lowest BCUT2D eigenvalue weighted by Gasteiger charge is -2.26. The fourth-order valence-corrected chi connectivity index (χ4v) is 3.51. The number of nitrogens with zero attached hydrogens (tertiary/aromatic N) is 4. The lowest BCUT2D eigenvalue weighted by molar-refractivity contribution is -0.0249. The molecule has 0 fully saturated rings. The number of halogens is 1. The number of rotatable bonds is 6. The second-order valence-corrected chi connectivity index (χ2v) is 7.18. The third kappa shape index (κ3) is 4.35. The average Bonchev–Trinajstić information content (AvgIpc) is 3.15. The molecule has 0 saturated carbocycles. The molecule has 2 aromatic carbocycles. The molecule has 0 amide bonds. The van der Waals surface area contributed by atoms with Gasteiger partial charge in [-0.15, -0.1) is 10.2 Å². The smallest absolute Gasteiger partial charge is 0.204 e. The van der Waals surface area contributed by atoms with Crippen molar-refractivity contribution in [1.29, 1.82) is 0 Å². The van der Waals surface area contributed by atoms with Gasteiger partial charge in [-0.1, -0.05) is 35.9 Å². The highest BCUT2D eigenvalue weighted by molar-refractivity contribution is 6.30. The topological polar surface area (TPSA) is 73.1 Å². The first kappa shape index (κ1) is 18.1. The van der Waals surface area contributed by atoms with E-state index >= 15 is 0 Å². The van der Waals surface area contributed by atoms with Gasteiger partial charge in [-0.05, 0) is 59.9 Å². The molecule has 4 rings (SSSR count). The van der Waals surface area contributed by atoms with Crippen LogP contribution in [0.15, 0.2) is 48.5 Å². The van der Waals surface area contributed by atoms with Gasteiger partial charge in [0.15, 0.2) is 0 Å². The Kier molecular flexibility index (Phi) is 5.48. The molecular weight excluding hydrogens is 364 g/mol. The van der Waals surface area contributed by atoms with Crippen LogP contribution in [0.25, 0.3) is 11.4 Å². The summed E-state index contributed by atoms with van der Waals surface area (Å²) in [5.74, 6) is 0.501. The number of aromatic nitrogens is 4. The van der Waals surface area contributed by atoms with Gasteiger partial charge in [0.05, 0.1) is 25.4 Å². The molecule has 7 heteroatoms. The van der Waals surface area contributed by atoms with Gasteiger partial charge >= 0.3 is 0 Å². The lowest BCUT2D eigenvalue weighted by atomic mass is 9.89. The minimum atomic E-state index is -0.702. The maximum Gasteiger partial charge on any atom is 0.204 e. The van der Waals surface area contributed by atoms with E-state index in [1.165, 1.54) is 15.9 Å². The van der Waals surface area contributed by atoms with Crippen LogP contribution in [0.3, 0.4) is 0 Å². The minimum absolute atomic E-state index is 0.0398. The van der Waals surface area contributed by atoms with E-state index in [9.17, 15) is 5.11 Å². The normalized spacial score (nSPS) is 17.5. The number of fused-ring (bicyclic) bond motifs is 1. The number of tetrazole rings is 1. The van der Waals surface area contributed by atoms with Gasteiger partial charge in [0.25, 0.3) is 0 Å².